The number of hydrogen-bond acceptors (Lipinski definition) is 2. The molecule has 0 spiro atoms. The second-order valence-electron chi connectivity index (χ2n) is 4.84. The van der Waals surface area contributed by atoms with Gasteiger partial charge in [-0.25, -0.2) is 0 Å². The van der Waals surface area contributed by atoms with Crippen molar-refractivity contribution in [2.45, 2.75) is 25.7 Å². The summed E-state index contributed by atoms with van der Waals surface area (Å²) in [4.78, 5) is 2.48. The van der Waals surface area contributed by atoms with Gasteiger partial charge in [0.25, 0.3) is 0 Å². The molecular formula is C10H20N2. The van der Waals surface area contributed by atoms with Crippen LogP contribution in [0.2, 0.25) is 0 Å². The van der Waals surface area contributed by atoms with Gasteiger partial charge in [0.2, 0.25) is 0 Å². The highest BCUT2D eigenvalue weighted by molar-refractivity contribution is 4.96. The lowest BCUT2D eigenvalue weighted by molar-refractivity contribution is 0.257. The molecule has 2 nitrogen and oxygen atoms in total. The van der Waals surface area contributed by atoms with Crippen molar-refractivity contribution in [2.75, 3.05) is 26.7 Å². The van der Waals surface area contributed by atoms with Gasteiger partial charge < -0.3 is 10.6 Å². The molecule has 0 aliphatic heterocycles. The third kappa shape index (κ3) is 1.99. The highest BCUT2D eigenvalue weighted by Crippen LogP contribution is 2.45. The first-order chi connectivity index (χ1) is 5.74. The van der Waals surface area contributed by atoms with Crippen LogP contribution in [0.3, 0.4) is 0 Å². The van der Waals surface area contributed by atoms with E-state index in [0.717, 1.165) is 12.5 Å². The molecule has 0 unspecified atom stereocenters. The van der Waals surface area contributed by atoms with Gasteiger partial charge in [0.05, 0.1) is 0 Å². The smallest absolute Gasteiger partial charge is 0.00471 e. The Morgan fingerprint density at radius 1 is 1.42 bits per heavy atom. The third-order valence-electron chi connectivity index (χ3n) is 3.26. The number of nitrogens with zero attached hydrogens (tertiary/aromatic N) is 1. The zero-order valence-electron chi connectivity index (χ0n) is 8.05. The molecule has 2 heteroatoms. The normalized spacial score (nSPS) is 26.2. The first-order valence-corrected chi connectivity index (χ1v) is 5.13. The maximum Gasteiger partial charge on any atom is 0.00471 e. The molecule has 2 aliphatic carbocycles. The summed E-state index contributed by atoms with van der Waals surface area (Å²) in [5.41, 5.74) is 6.27. The van der Waals surface area contributed by atoms with E-state index in [1.54, 1.807) is 0 Å². The van der Waals surface area contributed by atoms with E-state index in [1.807, 2.05) is 0 Å². The van der Waals surface area contributed by atoms with E-state index in [0.29, 0.717) is 5.41 Å². The number of hydrogen-bond donors (Lipinski definition) is 1. The van der Waals surface area contributed by atoms with Crippen molar-refractivity contribution in [1.82, 2.24) is 4.90 Å². The molecular weight excluding hydrogens is 148 g/mol. The van der Waals surface area contributed by atoms with Gasteiger partial charge in [-0.15, -0.1) is 0 Å². The minimum absolute atomic E-state index is 0.531. The number of rotatable bonds is 5. The first-order valence-electron chi connectivity index (χ1n) is 5.13. The lowest BCUT2D eigenvalue weighted by atomic mass is 10.1. The predicted octanol–water partition coefficient (Wildman–Crippen LogP) is 1.07. The number of nitrogens with two attached hydrogens (primary N) is 1. The third-order valence-corrected chi connectivity index (χ3v) is 3.26. The fourth-order valence-electron chi connectivity index (χ4n) is 1.98. The van der Waals surface area contributed by atoms with Gasteiger partial charge in [-0.2, -0.15) is 0 Å². The Morgan fingerprint density at radius 2 is 2.08 bits per heavy atom. The van der Waals surface area contributed by atoms with Gasteiger partial charge in [-0.05, 0) is 50.6 Å². The van der Waals surface area contributed by atoms with Crippen molar-refractivity contribution < 1.29 is 0 Å². The second-order valence-corrected chi connectivity index (χ2v) is 4.84. The molecule has 2 saturated carbocycles. The molecule has 0 amide bonds. The Labute approximate surface area is 75.1 Å². The van der Waals surface area contributed by atoms with Crippen LogP contribution in [0.5, 0.6) is 0 Å². The highest BCUT2D eigenvalue weighted by Gasteiger charge is 2.42. The van der Waals surface area contributed by atoms with Crippen molar-refractivity contribution in [2.24, 2.45) is 17.1 Å². The lowest BCUT2D eigenvalue weighted by Crippen LogP contribution is -2.32. The molecule has 0 atom stereocenters. The minimum Gasteiger partial charge on any atom is -0.330 e. The molecule has 2 aliphatic rings. The van der Waals surface area contributed by atoms with Crippen molar-refractivity contribution in [1.29, 1.82) is 0 Å². The molecule has 0 bridgehead atoms. The topological polar surface area (TPSA) is 29.3 Å². The molecule has 2 fully saturated rings. The minimum atomic E-state index is 0.531. The SMILES string of the molecule is CN(CC1CC1)CC1(CN)CC1. The van der Waals surface area contributed by atoms with Crippen molar-refractivity contribution in [3.8, 4) is 0 Å². The average molecular weight is 168 g/mol. The van der Waals surface area contributed by atoms with Crippen LogP contribution in [0.4, 0.5) is 0 Å². The first kappa shape index (κ1) is 8.52. The summed E-state index contributed by atoms with van der Waals surface area (Å²) in [5.74, 6) is 1.02. The summed E-state index contributed by atoms with van der Waals surface area (Å²) in [6.45, 7) is 3.43. The van der Waals surface area contributed by atoms with Crippen LogP contribution < -0.4 is 5.73 Å². The maximum atomic E-state index is 5.74. The quantitative estimate of drug-likeness (QED) is 0.665. The summed E-state index contributed by atoms with van der Waals surface area (Å²) >= 11 is 0. The molecule has 2 rings (SSSR count). The van der Waals surface area contributed by atoms with Crippen molar-refractivity contribution in [3.05, 3.63) is 0 Å². The van der Waals surface area contributed by atoms with Crippen LogP contribution in [0.1, 0.15) is 25.7 Å². The monoisotopic (exact) mass is 168 g/mol. The van der Waals surface area contributed by atoms with Crippen LogP contribution in [-0.4, -0.2) is 31.6 Å². The Bertz CT molecular complexity index is 159. The summed E-state index contributed by atoms with van der Waals surface area (Å²) in [7, 11) is 2.24. The zero-order valence-corrected chi connectivity index (χ0v) is 8.05. The van der Waals surface area contributed by atoms with Crippen LogP contribution in [0.25, 0.3) is 0 Å². The molecule has 0 saturated heterocycles. The van der Waals surface area contributed by atoms with Crippen LogP contribution in [-0.2, 0) is 0 Å². The molecule has 12 heavy (non-hydrogen) atoms. The standard InChI is InChI=1S/C10H20N2/c1-12(6-9-2-3-9)8-10(7-11)4-5-10/h9H,2-8,11H2,1H3. The zero-order chi connectivity index (χ0) is 8.60. The van der Waals surface area contributed by atoms with E-state index < -0.39 is 0 Å². The van der Waals surface area contributed by atoms with Gasteiger partial charge in [-0.3, -0.25) is 0 Å². The van der Waals surface area contributed by atoms with Gasteiger partial charge in [0.1, 0.15) is 0 Å². The summed E-state index contributed by atoms with van der Waals surface area (Å²) in [6.07, 6.45) is 5.64. The van der Waals surface area contributed by atoms with Crippen LogP contribution in [0.15, 0.2) is 0 Å². The van der Waals surface area contributed by atoms with Crippen LogP contribution >= 0.6 is 0 Å². The Hall–Kier alpha value is -0.0800. The van der Waals surface area contributed by atoms with E-state index in [-0.39, 0.29) is 0 Å². The fourth-order valence-corrected chi connectivity index (χ4v) is 1.98. The summed E-state index contributed by atoms with van der Waals surface area (Å²) < 4.78 is 0. The van der Waals surface area contributed by atoms with E-state index in [1.165, 1.54) is 38.8 Å². The maximum absolute atomic E-state index is 5.74. The largest absolute Gasteiger partial charge is 0.330 e. The Morgan fingerprint density at radius 3 is 2.50 bits per heavy atom. The molecule has 70 valence electrons. The molecule has 0 heterocycles. The summed E-state index contributed by atoms with van der Waals surface area (Å²) in [6, 6.07) is 0. The van der Waals surface area contributed by atoms with Crippen LogP contribution in [0, 0.1) is 11.3 Å². The second kappa shape index (κ2) is 3.00. The van der Waals surface area contributed by atoms with E-state index in [9.17, 15) is 0 Å². The fraction of sp³-hybridized carbons (Fsp3) is 1.00. The van der Waals surface area contributed by atoms with E-state index >= 15 is 0 Å². The Balaban J connectivity index is 1.70. The van der Waals surface area contributed by atoms with E-state index in [2.05, 4.69) is 11.9 Å². The molecule has 0 aromatic heterocycles. The van der Waals surface area contributed by atoms with Gasteiger partial charge in [0.15, 0.2) is 0 Å². The Kier molecular flexibility index (Phi) is 2.13. The van der Waals surface area contributed by atoms with Crippen molar-refractivity contribution in [3.63, 3.8) is 0 Å². The van der Waals surface area contributed by atoms with Gasteiger partial charge >= 0.3 is 0 Å². The molecule has 2 N–H and O–H groups in total. The highest BCUT2D eigenvalue weighted by atomic mass is 15.1. The van der Waals surface area contributed by atoms with E-state index in [4.69, 9.17) is 5.73 Å². The lowest BCUT2D eigenvalue weighted by Gasteiger charge is -2.22. The molecule has 0 aromatic rings. The average Bonchev–Trinajstić information content (AvgIpc) is 2.86. The molecule has 0 radical (unpaired) electrons. The molecule has 0 aromatic carbocycles. The predicted molar refractivity (Wildman–Crippen MR) is 50.9 cm³/mol. The van der Waals surface area contributed by atoms with Gasteiger partial charge in [0, 0.05) is 13.1 Å². The van der Waals surface area contributed by atoms with Gasteiger partial charge in [-0.1, -0.05) is 0 Å². The van der Waals surface area contributed by atoms with Crippen molar-refractivity contribution >= 4 is 0 Å². The summed E-state index contributed by atoms with van der Waals surface area (Å²) in [5, 5.41) is 0.